The summed E-state index contributed by atoms with van der Waals surface area (Å²) in [7, 11) is 0. The summed E-state index contributed by atoms with van der Waals surface area (Å²) in [6, 6.07) is 8.71. The molecular formula is C18H28ClN3O. The third-order valence-electron chi connectivity index (χ3n) is 4.91. The third kappa shape index (κ3) is 4.61. The lowest BCUT2D eigenvalue weighted by atomic mass is 9.96. The Balaban J connectivity index is 0.00000192. The van der Waals surface area contributed by atoms with Crippen molar-refractivity contribution in [2.45, 2.75) is 38.6 Å². The number of nitrogens with one attached hydrogen (secondary N) is 2. The molecular weight excluding hydrogens is 310 g/mol. The van der Waals surface area contributed by atoms with Crippen LogP contribution in [0.4, 0.5) is 5.69 Å². The van der Waals surface area contributed by atoms with Crippen molar-refractivity contribution in [3.05, 3.63) is 29.8 Å². The highest BCUT2D eigenvalue weighted by atomic mass is 35.5. The Hall–Kier alpha value is -1.26. The molecule has 0 radical (unpaired) electrons. The summed E-state index contributed by atoms with van der Waals surface area (Å²) < 4.78 is 0. The Labute approximate surface area is 145 Å². The number of halogens is 1. The zero-order valence-electron chi connectivity index (χ0n) is 13.9. The van der Waals surface area contributed by atoms with Crippen LogP contribution in [0.2, 0.25) is 0 Å². The summed E-state index contributed by atoms with van der Waals surface area (Å²) in [6.07, 6.45) is 4.47. The third-order valence-corrected chi connectivity index (χ3v) is 4.91. The minimum atomic E-state index is 0. The van der Waals surface area contributed by atoms with E-state index in [1.54, 1.807) is 0 Å². The first-order valence-electron chi connectivity index (χ1n) is 8.60. The first kappa shape index (κ1) is 18.1. The van der Waals surface area contributed by atoms with E-state index in [-0.39, 0.29) is 30.3 Å². The molecule has 0 spiro atoms. The van der Waals surface area contributed by atoms with Crippen molar-refractivity contribution in [1.82, 2.24) is 10.6 Å². The molecule has 2 saturated heterocycles. The molecule has 2 aliphatic rings. The smallest absolute Gasteiger partial charge is 0.223 e. The fraction of sp³-hybridized carbons (Fsp3) is 0.611. The Bertz CT molecular complexity index is 511. The number of hydrogen-bond donors (Lipinski definition) is 2. The lowest BCUT2D eigenvalue weighted by molar-refractivity contribution is -0.126. The van der Waals surface area contributed by atoms with Gasteiger partial charge in [-0.25, -0.2) is 0 Å². The number of hydrogen-bond acceptors (Lipinski definition) is 3. The average Bonchev–Trinajstić information content (AvgIpc) is 3.10. The Morgan fingerprint density at radius 1 is 1.26 bits per heavy atom. The maximum Gasteiger partial charge on any atom is 0.223 e. The minimum absolute atomic E-state index is 0. The Morgan fingerprint density at radius 3 is 2.65 bits per heavy atom. The van der Waals surface area contributed by atoms with Crippen LogP contribution >= 0.6 is 12.4 Å². The number of carbonyl (C=O) groups excluding carboxylic acids is 1. The van der Waals surface area contributed by atoms with Crippen molar-refractivity contribution < 1.29 is 4.79 Å². The lowest BCUT2D eigenvalue weighted by Gasteiger charge is -2.25. The molecule has 2 fully saturated rings. The van der Waals surface area contributed by atoms with Crippen LogP contribution < -0.4 is 15.5 Å². The second-order valence-corrected chi connectivity index (χ2v) is 6.54. The normalized spacial score (nSPS) is 20.0. The van der Waals surface area contributed by atoms with Gasteiger partial charge in [0.05, 0.1) is 6.04 Å². The summed E-state index contributed by atoms with van der Waals surface area (Å²) in [4.78, 5) is 14.8. The molecule has 5 heteroatoms. The van der Waals surface area contributed by atoms with E-state index in [0.29, 0.717) is 0 Å². The van der Waals surface area contributed by atoms with Crippen molar-refractivity contribution in [1.29, 1.82) is 0 Å². The van der Waals surface area contributed by atoms with Crippen LogP contribution in [-0.4, -0.2) is 32.1 Å². The number of benzene rings is 1. The highest BCUT2D eigenvalue weighted by Gasteiger charge is 2.22. The van der Waals surface area contributed by atoms with Crippen LogP contribution in [0.15, 0.2) is 24.3 Å². The van der Waals surface area contributed by atoms with E-state index in [1.165, 1.54) is 24.1 Å². The van der Waals surface area contributed by atoms with E-state index in [2.05, 4.69) is 46.7 Å². The molecule has 1 aromatic rings. The lowest BCUT2D eigenvalue weighted by Crippen LogP contribution is -2.39. The molecule has 2 N–H and O–H groups in total. The van der Waals surface area contributed by atoms with Gasteiger partial charge in [-0.1, -0.05) is 12.1 Å². The Kier molecular flexibility index (Phi) is 6.72. The number of nitrogens with zero attached hydrogens (tertiary/aromatic N) is 1. The molecule has 3 rings (SSSR count). The molecule has 23 heavy (non-hydrogen) atoms. The van der Waals surface area contributed by atoms with E-state index in [0.717, 1.165) is 39.0 Å². The molecule has 2 aliphatic heterocycles. The van der Waals surface area contributed by atoms with Gasteiger partial charge >= 0.3 is 0 Å². The quantitative estimate of drug-likeness (QED) is 0.888. The van der Waals surface area contributed by atoms with Gasteiger partial charge in [0.25, 0.3) is 0 Å². The largest absolute Gasteiger partial charge is 0.372 e. The minimum Gasteiger partial charge on any atom is -0.372 e. The van der Waals surface area contributed by atoms with Gasteiger partial charge in [-0.15, -0.1) is 12.4 Å². The van der Waals surface area contributed by atoms with Gasteiger partial charge in [-0.2, -0.15) is 0 Å². The number of amides is 1. The van der Waals surface area contributed by atoms with Crippen LogP contribution in [0.5, 0.6) is 0 Å². The molecule has 128 valence electrons. The summed E-state index contributed by atoms with van der Waals surface area (Å²) in [5.41, 5.74) is 2.49. The SMILES string of the molecule is CC(NC(=O)C1CCNCC1)c1cccc(N2CCCC2)c1.Cl. The number of anilines is 1. The van der Waals surface area contributed by atoms with Gasteiger partial charge in [0.15, 0.2) is 0 Å². The maximum atomic E-state index is 12.4. The highest BCUT2D eigenvalue weighted by molar-refractivity contribution is 5.85. The van der Waals surface area contributed by atoms with E-state index in [9.17, 15) is 4.79 Å². The van der Waals surface area contributed by atoms with Crippen LogP contribution in [0, 0.1) is 5.92 Å². The molecule has 0 aromatic heterocycles. The van der Waals surface area contributed by atoms with Crippen molar-refractivity contribution in [3.63, 3.8) is 0 Å². The van der Waals surface area contributed by atoms with E-state index >= 15 is 0 Å². The monoisotopic (exact) mass is 337 g/mol. The van der Waals surface area contributed by atoms with Gasteiger partial charge < -0.3 is 15.5 Å². The zero-order chi connectivity index (χ0) is 15.4. The predicted molar refractivity (Wildman–Crippen MR) is 97.3 cm³/mol. The topological polar surface area (TPSA) is 44.4 Å². The molecule has 0 saturated carbocycles. The second kappa shape index (κ2) is 8.55. The maximum absolute atomic E-state index is 12.4. The summed E-state index contributed by atoms with van der Waals surface area (Å²) in [5.74, 6) is 0.381. The first-order chi connectivity index (χ1) is 10.7. The first-order valence-corrected chi connectivity index (χ1v) is 8.60. The van der Waals surface area contributed by atoms with Crippen LogP contribution in [0.1, 0.15) is 44.2 Å². The summed E-state index contributed by atoms with van der Waals surface area (Å²) in [6.45, 7) is 6.30. The second-order valence-electron chi connectivity index (χ2n) is 6.54. The van der Waals surface area contributed by atoms with Crippen molar-refractivity contribution >= 4 is 24.0 Å². The standard InChI is InChI=1S/C18H27N3O.ClH/c1-14(20-18(22)15-7-9-19-10-8-15)16-5-4-6-17(13-16)21-11-2-3-12-21;/h4-6,13-15,19H,2-3,7-12H2,1H3,(H,20,22);1H. The fourth-order valence-corrected chi connectivity index (χ4v) is 3.46. The van der Waals surface area contributed by atoms with Crippen LogP contribution in [-0.2, 0) is 4.79 Å². The number of rotatable bonds is 4. The van der Waals surface area contributed by atoms with Crippen molar-refractivity contribution in [2.75, 3.05) is 31.1 Å². The fourth-order valence-electron chi connectivity index (χ4n) is 3.46. The van der Waals surface area contributed by atoms with Gasteiger partial charge in [-0.3, -0.25) is 4.79 Å². The van der Waals surface area contributed by atoms with Gasteiger partial charge in [-0.05, 0) is 63.4 Å². The average molecular weight is 338 g/mol. The number of carbonyl (C=O) groups is 1. The highest BCUT2D eigenvalue weighted by Crippen LogP contribution is 2.24. The number of piperidine rings is 1. The van der Waals surface area contributed by atoms with E-state index in [4.69, 9.17) is 0 Å². The summed E-state index contributed by atoms with van der Waals surface area (Å²) >= 11 is 0. The molecule has 0 aliphatic carbocycles. The van der Waals surface area contributed by atoms with Gasteiger partial charge in [0.2, 0.25) is 5.91 Å². The Morgan fingerprint density at radius 2 is 1.96 bits per heavy atom. The van der Waals surface area contributed by atoms with Crippen molar-refractivity contribution in [3.8, 4) is 0 Å². The molecule has 2 heterocycles. The molecule has 0 bridgehead atoms. The summed E-state index contributed by atoms with van der Waals surface area (Å²) in [5, 5.41) is 6.51. The van der Waals surface area contributed by atoms with Crippen molar-refractivity contribution in [2.24, 2.45) is 5.92 Å². The molecule has 4 nitrogen and oxygen atoms in total. The molecule has 1 atom stereocenters. The van der Waals surface area contributed by atoms with Gasteiger partial charge in [0.1, 0.15) is 0 Å². The molecule has 1 unspecified atom stereocenters. The van der Waals surface area contributed by atoms with Crippen LogP contribution in [0.3, 0.4) is 0 Å². The molecule has 1 amide bonds. The van der Waals surface area contributed by atoms with Gasteiger partial charge in [0, 0.05) is 24.7 Å². The van der Waals surface area contributed by atoms with E-state index < -0.39 is 0 Å². The van der Waals surface area contributed by atoms with Crippen LogP contribution in [0.25, 0.3) is 0 Å². The predicted octanol–water partition coefficient (Wildman–Crippen LogP) is 2.89. The van der Waals surface area contributed by atoms with E-state index in [1.807, 2.05) is 0 Å². The molecule has 1 aromatic carbocycles. The zero-order valence-corrected chi connectivity index (χ0v) is 14.7.